The Labute approximate surface area is 112 Å². The average molecular weight is 266 g/mol. The van der Waals surface area contributed by atoms with Gasteiger partial charge in [-0.3, -0.25) is 0 Å². The second-order valence-corrected chi connectivity index (χ2v) is 4.25. The highest BCUT2D eigenvalue weighted by atomic mass is 16.6. The molecule has 19 heavy (non-hydrogen) atoms. The molecule has 5 heteroatoms. The Bertz CT molecular complexity index is 477. The Kier molecular flexibility index (Phi) is 4.92. The fraction of sp³-hybridized carbons (Fsp3) is 0.429. The Morgan fingerprint density at radius 3 is 1.84 bits per heavy atom. The Hall–Kier alpha value is -2.04. The minimum atomic E-state index is -1.41. The maximum absolute atomic E-state index is 11.5. The van der Waals surface area contributed by atoms with Crippen molar-refractivity contribution in [2.24, 2.45) is 0 Å². The van der Waals surface area contributed by atoms with Crippen LogP contribution in [0.4, 0.5) is 0 Å². The largest absolute Gasteiger partial charge is 0.467 e. The molecule has 1 aromatic rings. The Morgan fingerprint density at radius 2 is 1.37 bits per heavy atom. The zero-order chi connectivity index (χ0) is 14.6. The van der Waals surface area contributed by atoms with Crippen LogP contribution in [0.3, 0.4) is 0 Å². The van der Waals surface area contributed by atoms with Gasteiger partial charge in [0.1, 0.15) is 5.75 Å². The molecule has 0 atom stereocenters. The molecule has 0 heterocycles. The molecule has 1 aromatic carbocycles. The number of hydrogen-bond donors (Lipinski definition) is 0. The summed E-state index contributed by atoms with van der Waals surface area (Å²) in [6.07, 6.45) is -1.41. The molecule has 0 aromatic heterocycles. The summed E-state index contributed by atoms with van der Waals surface area (Å²) in [6, 6.07) is 3.71. The first kappa shape index (κ1) is 15.0. The first-order valence-electron chi connectivity index (χ1n) is 5.80. The average Bonchev–Trinajstić information content (AvgIpc) is 2.39. The van der Waals surface area contributed by atoms with E-state index < -0.39 is 18.0 Å². The van der Waals surface area contributed by atoms with Crippen LogP contribution in [0, 0.1) is 20.8 Å². The maximum atomic E-state index is 11.5. The highest BCUT2D eigenvalue weighted by molar-refractivity contribution is 5.98. The van der Waals surface area contributed by atoms with Gasteiger partial charge in [0, 0.05) is 0 Å². The summed E-state index contributed by atoms with van der Waals surface area (Å²) in [7, 11) is 2.38. The summed E-state index contributed by atoms with van der Waals surface area (Å²) >= 11 is 0. The lowest BCUT2D eigenvalue weighted by Gasteiger charge is -2.17. The van der Waals surface area contributed by atoms with Crippen LogP contribution in [0.1, 0.15) is 16.7 Å². The third-order valence-corrected chi connectivity index (χ3v) is 2.87. The summed E-state index contributed by atoms with van der Waals surface area (Å²) in [5.41, 5.74) is 2.95. The molecule has 0 aliphatic carbocycles. The summed E-state index contributed by atoms with van der Waals surface area (Å²) in [5.74, 6) is -1.11. The lowest BCUT2D eigenvalue weighted by Crippen LogP contribution is -2.37. The minimum absolute atomic E-state index is 0.462. The lowest BCUT2D eigenvalue weighted by molar-refractivity contribution is -0.163. The minimum Gasteiger partial charge on any atom is -0.467 e. The van der Waals surface area contributed by atoms with Crippen LogP contribution < -0.4 is 4.74 Å². The fourth-order valence-electron chi connectivity index (χ4n) is 1.59. The van der Waals surface area contributed by atoms with Crippen LogP contribution in [-0.4, -0.2) is 32.3 Å². The number of aryl methyl sites for hydroxylation is 3. The lowest BCUT2D eigenvalue weighted by atomic mass is 10.1. The van der Waals surface area contributed by atoms with Gasteiger partial charge in [-0.2, -0.15) is 0 Å². The molecule has 0 N–H and O–H groups in total. The van der Waals surface area contributed by atoms with Gasteiger partial charge in [0.2, 0.25) is 0 Å². The molecule has 104 valence electrons. The Morgan fingerprint density at radius 1 is 0.895 bits per heavy atom. The predicted octanol–water partition coefficient (Wildman–Crippen LogP) is 1.71. The van der Waals surface area contributed by atoms with Gasteiger partial charge >= 0.3 is 11.9 Å². The zero-order valence-electron chi connectivity index (χ0n) is 11.8. The maximum Gasteiger partial charge on any atom is 0.359 e. The van der Waals surface area contributed by atoms with E-state index in [0.717, 1.165) is 16.7 Å². The van der Waals surface area contributed by atoms with Gasteiger partial charge in [0.25, 0.3) is 6.10 Å². The van der Waals surface area contributed by atoms with Crippen LogP contribution in [0.15, 0.2) is 12.1 Å². The molecule has 0 aliphatic rings. The number of carbonyl (C=O) groups excluding carboxylic acids is 2. The third-order valence-electron chi connectivity index (χ3n) is 2.87. The SMILES string of the molecule is COC(=O)C(Oc1cc(C)c(C)cc1C)C(=O)OC. The zero-order valence-corrected chi connectivity index (χ0v) is 11.8. The molecule has 0 unspecified atom stereocenters. The quantitative estimate of drug-likeness (QED) is 0.613. The van der Waals surface area contributed by atoms with Crippen LogP contribution >= 0.6 is 0 Å². The van der Waals surface area contributed by atoms with Gasteiger partial charge in [-0.25, -0.2) is 9.59 Å². The van der Waals surface area contributed by atoms with Crippen LogP contribution in [0.2, 0.25) is 0 Å². The molecular weight excluding hydrogens is 248 g/mol. The molecule has 0 amide bonds. The molecule has 0 aliphatic heterocycles. The summed E-state index contributed by atoms with van der Waals surface area (Å²) in [5, 5.41) is 0. The van der Waals surface area contributed by atoms with Crippen molar-refractivity contribution in [1.29, 1.82) is 0 Å². The topological polar surface area (TPSA) is 61.8 Å². The smallest absolute Gasteiger partial charge is 0.359 e. The summed E-state index contributed by atoms with van der Waals surface area (Å²) in [4.78, 5) is 23.1. The molecule has 0 radical (unpaired) electrons. The van der Waals surface area contributed by atoms with E-state index in [4.69, 9.17) is 4.74 Å². The molecule has 0 fully saturated rings. The van der Waals surface area contributed by atoms with E-state index in [0.29, 0.717) is 5.75 Å². The van der Waals surface area contributed by atoms with Crippen molar-refractivity contribution in [3.05, 3.63) is 28.8 Å². The number of hydrogen-bond acceptors (Lipinski definition) is 5. The summed E-state index contributed by atoms with van der Waals surface area (Å²) < 4.78 is 14.5. The second-order valence-electron chi connectivity index (χ2n) is 4.25. The van der Waals surface area contributed by atoms with Gasteiger partial charge in [0.05, 0.1) is 14.2 Å². The molecule has 0 saturated carbocycles. The normalized spacial score (nSPS) is 10.2. The monoisotopic (exact) mass is 266 g/mol. The number of methoxy groups -OCH3 is 2. The van der Waals surface area contributed by atoms with Gasteiger partial charge in [-0.1, -0.05) is 6.07 Å². The van der Waals surface area contributed by atoms with E-state index in [2.05, 4.69) is 9.47 Å². The molecule has 0 bridgehead atoms. The number of benzene rings is 1. The number of rotatable bonds is 4. The van der Waals surface area contributed by atoms with Crippen molar-refractivity contribution >= 4 is 11.9 Å². The van der Waals surface area contributed by atoms with Gasteiger partial charge in [-0.05, 0) is 43.5 Å². The third kappa shape index (κ3) is 3.47. The predicted molar refractivity (Wildman–Crippen MR) is 69.1 cm³/mol. The van der Waals surface area contributed by atoms with E-state index in [1.165, 1.54) is 14.2 Å². The fourth-order valence-corrected chi connectivity index (χ4v) is 1.59. The van der Waals surface area contributed by atoms with Gasteiger partial charge < -0.3 is 14.2 Å². The molecule has 5 nitrogen and oxygen atoms in total. The van der Waals surface area contributed by atoms with Crippen molar-refractivity contribution < 1.29 is 23.8 Å². The van der Waals surface area contributed by atoms with Gasteiger partial charge in [0.15, 0.2) is 0 Å². The molecule has 1 rings (SSSR count). The first-order valence-corrected chi connectivity index (χ1v) is 5.80. The molecule has 0 saturated heterocycles. The van der Waals surface area contributed by atoms with E-state index in [-0.39, 0.29) is 0 Å². The number of carbonyl (C=O) groups is 2. The van der Waals surface area contributed by atoms with Crippen LogP contribution in [0.25, 0.3) is 0 Å². The second kappa shape index (κ2) is 6.22. The van der Waals surface area contributed by atoms with Crippen molar-refractivity contribution in [1.82, 2.24) is 0 Å². The van der Waals surface area contributed by atoms with Crippen LogP contribution in [-0.2, 0) is 19.1 Å². The Balaban J connectivity index is 3.06. The van der Waals surface area contributed by atoms with E-state index in [9.17, 15) is 9.59 Å². The highest BCUT2D eigenvalue weighted by Crippen LogP contribution is 2.23. The first-order chi connectivity index (χ1) is 8.90. The molecular formula is C14H18O5. The van der Waals surface area contributed by atoms with E-state index in [1.807, 2.05) is 26.8 Å². The van der Waals surface area contributed by atoms with E-state index >= 15 is 0 Å². The highest BCUT2D eigenvalue weighted by Gasteiger charge is 2.31. The van der Waals surface area contributed by atoms with Crippen molar-refractivity contribution in [3.8, 4) is 5.75 Å². The standard InChI is InChI=1S/C14H18O5/c1-8-6-10(3)11(7-9(8)2)19-12(13(15)17-4)14(16)18-5/h6-7,12H,1-5H3. The molecule has 0 spiro atoms. The number of ether oxygens (including phenoxy) is 3. The summed E-state index contributed by atoms with van der Waals surface area (Å²) in [6.45, 7) is 5.74. The van der Waals surface area contributed by atoms with Gasteiger partial charge in [-0.15, -0.1) is 0 Å². The van der Waals surface area contributed by atoms with E-state index in [1.54, 1.807) is 6.07 Å². The van der Waals surface area contributed by atoms with Crippen molar-refractivity contribution in [2.75, 3.05) is 14.2 Å². The van der Waals surface area contributed by atoms with Crippen LogP contribution in [0.5, 0.6) is 5.75 Å². The van der Waals surface area contributed by atoms with Crippen molar-refractivity contribution in [2.45, 2.75) is 26.9 Å². The van der Waals surface area contributed by atoms with Crippen molar-refractivity contribution in [3.63, 3.8) is 0 Å². The number of esters is 2.